The lowest BCUT2D eigenvalue weighted by molar-refractivity contribution is -0.142. The number of ether oxygens (including phenoxy) is 3. The van der Waals surface area contributed by atoms with Gasteiger partial charge in [0.1, 0.15) is 11.9 Å². The van der Waals surface area contributed by atoms with E-state index in [2.05, 4.69) is 34.1 Å². The molecular formula is C23H25BrO4. The van der Waals surface area contributed by atoms with Crippen LogP contribution in [-0.4, -0.2) is 25.8 Å². The van der Waals surface area contributed by atoms with Crippen molar-refractivity contribution in [1.29, 1.82) is 0 Å². The molecule has 148 valence electrons. The highest BCUT2D eigenvalue weighted by molar-refractivity contribution is 9.10. The molecule has 2 aromatic rings. The van der Waals surface area contributed by atoms with E-state index in [1.807, 2.05) is 31.2 Å². The SMILES string of the molecule is CCOC(=O)Cc1ccccc1OC1CC2(CCOCC2)c2ccc(Br)cc21. The van der Waals surface area contributed by atoms with Gasteiger partial charge in [0.15, 0.2) is 0 Å². The normalized spacial score (nSPS) is 20.0. The van der Waals surface area contributed by atoms with Crippen LogP contribution in [0.1, 0.15) is 49.0 Å². The molecule has 0 saturated carbocycles. The average molecular weight is 445 g/mol. The van der Waals surface area contributed by atoms with Crippen LogP contribution in [0.4, 0.5) is 0 Å². The molecule has 1 aliphatic carbocycles. The van der Waals surface area contributed by atoms with Crippen molar-refractivity contribution >= 4 is 21.9 Å². The molecular weight excluding hydrogens is 420 g/mol. The molecule has 1 heterocycles. The van der Waals surface area contributed by atoms with Gasteiger partial charge in [-0.05, 0) is 55.5 Å². The molecule has 0 amide bonds. The van der Waals surface area contributed by atoms with Crippen LogP contribution in [0.25, 0.3) is 0 Å². The van der Waals surface area contributed by atoms with E-state index in [0.717, 1.165) is 48.3 Å². The Labute approximate surface area is 174 Å². The summed E-state index contributed by atoms with van der Waals surface area (Å²) in [6.07, 6.45) is 3.17. The minimum Gasteiger partial charge on any atom is -0.485 e. The van der Waals surface area contributed by atoms with Gasteiger partial charge in [0.2, 0.25) is 0 Å². The van der Waals surface area contributed by atoms with Crippen molar-refractivity contribution in [3.63, 3.8) is 0 Å². The fourth-order valence-electron chi connectivity index (χ4n) is 4.48. The number of hydrogen-bond donors (Lipinski definition) is 0. The summed E-state index contributed by atoms with van der Waals surface area (Å²) >= 11 is 3.61. The Morgan fingerprint density at radius 2 is 2.00 bits per heavy atom. The molecule has 2 aromatic carbocycles. The summed E-state index contributed by atoms with van der Waals surface area (Å²) in [6.45, 7) is 3.79. The summed E-state index contributed by atoms with van der Waals surface area (Å²) in [5.74, 6) is 0.532. The van der Waals surface area contributed by atoms with E-state index in [1.165, 1.54) is 11.1 Å². The molecule has 1 atom stereocenters. The van der Waals surface area contributed by atoms with Gasteiger partial charge < -0.3 is 14.2 Å². The molecule has 28 heavy (non-hydrogen) atoms. The number of para-hydroxylation sites is 1. The van der Waals surface area contributed by atoms with Gasteiger partial charge in [-0.15, -0.1) is 0 Å². The second-order valence-corrected chi connectivity index (χ2v) is 8.44. The first-order valence-electron chi connectivity index (χ1n) is 9.89. The zero-order chi connectivity index (χ0) is 19.6. The molecule has 1 saturated heterocycles. The predicted molar refractivity (Wildman–Crippen MR) is 111 cm³/mol. The molecule has 4 nitrogen and oxygen atoms in total. The van der Waals surface area contributed by atoms with E-state index in [9.17, 15) is 4.79 Å². The van der Waals surface area contributed by atoms with E-state index in [1.54, 1.807) is 0 Å². The molecule has 0 N–H and O–H groups in total. The number of rotatable bonds is 5. The first-order chi connectivity index (χ1) is 13.6. The zero-order valence-corrected chi connectivity index (χ0v) is 17.7. The predicted octanol–water partition coefficient (Wildman–Crippen LogP) is 5.13. The van der Waals surface area contributed by atoms with Crippen LogP contribution in [0.5, 0.6) is 5.75 Å². The van der Waals surface area contributed by atoms with E-state index in [0.29, 0.717) is 6.61 Å². The van der Waals surface area contributed by atoms with Crippen LogP contribution in [-0.2, 0) is 26.1 Å². The van der Waals surface area contributed by atoms with Gasteiger partial charge in [-0.2, -0.15) is 0 Å². The van der Waals surface area contributed by atoms with Crippen LogP contribution in [0.3, 0.4) is 0 Å². The number of carbonyl (C=O) groups excluding carboxylic acids is 1. The molecule has 1 aliphatic heterocycles. The molecule has 1 spiro atoms. The van der Waals surface area contributed by atoms with Crippen LogP contribution in [0.2, 0.25) is 0 Å². The smallest absolute Gasteiger partial charge is 0.310 e. The van der Waals surface area contributed by atoms with Gasteiger partial charge in [0.25, 0.3) is 0 Å². The van der Waals surface area contributed by atoms with E-state index in [4.69, 9.17) is 14.2 Å². The number of benzene rings is 2. The van der Waals surface area contributed by atoms with Crippen molar-refractivity contribution in [2.75, 3.05) is 19.8 Å². The highest BCUT2D eigenvalue weighted by Crippen LogP contribution is 2.52. The maximum absolute atomic E-state index is 12.0. The second-order valence-electron chi connectivity index (χ2n) is 7.52. The van der Waals surface area contributed by atoms with E-state index < -0.39 is 0 Å². The van der Waals surface area contributed by atoms with Crippen molar-refractivity contribution in [2.24, 2.45) is 0 Å². The monoisotopic (exact) mass is 444 g/mol. The Morgan fingerprint density at radius 3 is 2.79 bits per heavy atom. The first-order valence-corrected chi connectivity index (χ1v) is 10.7. The molecule has 0 radical (unpaired) electrons. The fourth-order valence-corrected chi connectivity index (χ4v) is 4.86. The fraction of sp³-hybridized carbons (Fsp3) is 0.435. The molecule has 4 rings (SSSR count). The Bertz CT molecular complexity index is 857. The topological polar surface area (TPSA) is 44.8 Å². The summed E-state index contributed by atoms with van der Waals surface area (Å²) < 4.78 is 18.3. The third-order valence-corrected chi connectivity index (χ3v) is 6.33. The van der Waals surface area contributed by atoms with Gasteiger partial charge in [0, 0.05) is 28.7 Å². The standard InChI is InChI=1S/C23H25BrO4/c1-2-27-22(25)13-16-5-3-4-6-20(16)28-21-15-23(9-11-26-12-10-23)19-8-7-17(24)14-18(19)21/h3-8,14,21H,2,9-13,15H2,1H3. The number of esters is 1. The highest BCUT2D eigenvalue weighted by atomic mass is 79.9. The highest BCUT2D eigenvalue weighted by Gasteiger charge is 2.45. The van der Waals surface area contributed by atoms with Crippen molar-refractivity contribution in [2.45, 2.75) is 44.1 Å². The molecule has 1 fully saturated rings. The van der Waals surface area contributed by atoms with Gasteiger partial charge >= 0.3 is 5.97 Å². The number of carbonyl (C=O) groups is 1. The number of halogens is 1. The molecule has 1 unspecified atom stereocenters. The largest absolute Gasteiger partial charge is 0.485 e. The molecule has 0 aromatic heterocycles. The van der Waals surface area contributed by atoms with Crippen molar-refractivity contribution in [3.8, 4) is 5.75 Å². The van der Waals surface area contributed by atoms with E-state index in [-0.39, 0.29) is 23.9 Å². The minimum atomic E-state index is -0.228. The second kappa shape index (κ2) is 8.26. The van der Waals surface area contributed by atoms with Gasteiger partial charge in [-0.25, -0.2) is 0 Å². The summed E-state index contributed by atoms with van der Waals surface area (Å²) in [7, 11) is 0. The summed E-state index contributed by atoms with van der Waals surface area (Å²) in [4.78, 5) is 12.0. The van der Waals surface area contributed by atoms with Crippen molar-refractivity contribution in [1.82, 2.24) is 0 Å². The van der Waals surface area contributed by atoms with E-state index >= 15 is 0 Å². The van der Waals surface area contributed by atoms with Gasteiger partial charge in [0.05, 0.1) is 13.0 Å². The van der Waals surface area contributed by atoms with Crippen molar-refractivity contribution < 1.29 is 19.0 Å². The quantitative estimate of drug-likeness (QED) is 0.599. The summed E-state index contributed by atoms with van der Waals surface area (Å²) in [6, 6.07) is 14.3. The Kier molecular flexibility index (Phi) is 5.74. The Morgan fingerprint density at radius 1 is 1.21 bits per heavy atom. The Hall–Kier alpha value is -1.85. The molecule has 0 bridgehead atoms. The minimum absolute atomic E-state index is 0.0334. The zero-order valence-electron chi connectivity index (χ0n) is 16.1. The van der Waals surface area contributed by atoms with Crippen LogP contribution in [0, 0.1) is 0 Å². The van der Waals surface area contributed by atoms with Gasteiger partial charge in [-0.1, -0.05) is 40.2 Å². The maximum Gasteiger partial charge on any atom is 0.310 e. The van der Waals surface area contributed by atoms with Gasteiger partial charge in [-0.3, -0.25) is 4.79 Å². The van der Waals surface area contributed by atoms with Crippen LogP contribution >= 0.6 is 15.9 Å². The lowest BCUT2D eigenvalue weighted by Crippen LogP contribution is -2.32. The lowest BCUT2D eigenvalue weighted by Gasteiger charge is -2.34. The lowest BCUT2D eigenvalue weighted by atomic mass is 9.75. The molecule has 2 aliphatic rings. The van der Waals surface area contributed by atoms with Crippen LogP contribution < -0.4 is 4.74 Å². The number of fused-ring (bicyclic) bond motifs is 2. The third-order valence-electron chi connectivity index (χ3n) is 5.84. The van der Waals surface area contributed by atoms with Crippen LogP contribution in [0.15, 0.2) is 46.9 Å². The number of hydrogen-bond acceptors (Lipinski definition) is 4. The molecule has 5 heteroatoms. The van der Waals surface area contributed by atoms with Crippen molar-refractivity contribution in [3.05, 3.63) is 63.6 Å². The summed E-state index contributed by atoms with van der Waals surface area (Å²) in [5, 5.41) is 0. The maximum atomic E-state index is 12.0. The summed E-state index contributed by atoms with van der Waals surface area (Å²) in [5.41, 5.74) is 3.61. The Balaban J connectivity index is 1.63. The first kappa shape index (κ1) is 19.5. The third kappa shape index (κ3) is 3.83. The average Bonchev–Trinajstić information content (AvgIpc) is 2.96.